The van der Waals surface area contributed by atoms with E-state index in [4.69, 9.17) is 5.73 Å². The van der Waals surface area contributed by atoms with Gasteiger partial charge in [0.15, 0.2) is 0 Å². The third-order valence-electron chi connectivity index (χ3n) is 1.15. The van der Waals surface area contributed by atoms with E-state index < -0.39 is 24.7 Å². The number of ether oxygens (including phenoxy) is 1. The van der Waals surface area contributed by atoms with E-state index in [-0.39, 0.29) is 6.61 Å². The van der Waals surface area contributed by atoms with E-state index in [1.165, 1.54) is 7.11 Å². The Morgan fingerprint density at radius 1 is 1.62 bits per heavy atom. The number of nitrogens with two attached hydrogens (primary N) is 1. The summed E-state index contributed by atoms with van der Waals surface area (Å²) < 4.78 is 39.2. The largest absolute Gasteiger partial charge is 0.405 e. The van der Waals surface area contributed by atoms with Gasteiger partial charge in [-0.05, 0) is 0 Å². The van der Waals surface area contributed by atoms with Crippen LogP contribution in [0.15, 0.2) is 0 Å². The lowest BCUT2D eigenvalue weighted by Gasteiger charge is -2.12. The molecular formula is C6H11F3N2O2. The number of carbonyl (C=O) groups excluding carboxylic acids is 1. The molecule has 1 amide bonds. The van der Waals surface area contributed by atoms with Gasteiger partial charge in [0.25, 0.3) is 0 Å². The maximum atomic E-state index is 11.6. The number of rotatable bonds is 4. The van der Waals surface area contributed by atoms with Gasteiger partial charge < -0.3 is 15.8 Å². The molecule has 0 saturated carbocycles. The first-order valence-electron chi connectivity index (χ1n) is 3.46. The molecule has 0 aromatic carbocycles. The molecule has 0 heterocycles. The lowest BCUT2D eigenvalue weighted by molar-refractivity contribution is -0.139. The molecule has 0 aromatic heterocycles. The summed E-state index contributed by atoms with van der Waals surface area (Å²) in [6.07, 6.45) is -4.41. The predicted molar refractivity (Wildman–Crippen MR) is 38.9 cm³/mol. The zero-order chi connectivity index (χ0) is 10.5. The Bertz CT molecular complexity index is 172. The minimum absolute atomic E-state index is 0.107. The number of hydrogen-bond acceptors (Lipinski definition) is 3. The molecule has 0 spiro atoms. The first kappa shape index (κ1) is 12.2. The number of hydrogen-bond donors (Lipinski definition) is 2. The minimum Gasteiger partial charge on any atom is -0.383 e. The van der Waals surface area contributed by atoms with E-state index in [1.54, 1.807) is 5.32 Å². The molecule has 0 rings (SSSR count). The van der Waals surface area contributed by atoms with Crippen molar-refractivity contribution >= 4 is 5.91 Å². The molecule has 0 radical (unpaired) electrons. The predicted octanol–water partition coefficient (Wildman–Crippen LogP) is -0.361. The molecule has 7 heteroatoms. The number of halogens is 3. The van der Waals surface area contributed by atoms with Crippen LogP contribution in [0.25, 0.3) is 0 Å². The van der Waals surface area contributed by atoms with Gasteiger partial charge in [0.1, 0.15) is 12.6 Å². The maximum Gasteiger partial charge on any atom is 0.405 e. The summed E-state index contributed by atoms with van der Waals surface area (Å²) >= 11 is 0. The molecule has 0 saturated heterocycles. The van der Waals surface area contributed by atoms with Crippen LogP contribution < -0.4 is 11.1 Å². The van der Waals surface area contributed by atoms with Crippen molar-refractivity contribution in [3.8, 4) is 0 Å². The normalized spacial score (nSPS) is 13.9. The highest BCUT2D eigenvalue weighted by atomic mass is 19.4. The van der Waals surface area contributed by atoms with Crippen molar-refractivity contribution in [1.82, 2.24) is 5.32 Å². The zero-order valence-electron chi connectivity index (χ0n) is 7.02. The van der Waals surface area contributed by atoms with Crippen molar-refractivity contribution in [3.05, 3.63) is 0 Å². The lowest BCUT2D eigenvalue weighted by atomic mass is 10.3. The fourth-order valence-electron chi connectivity index (χ4n) is 0.574. The maximum absolute atomic E-state index is 11.6. The molecule has 0 aliphatic rings. The van der Waals surface area contributed by atoms with Crippen LogP contribution in [0.3, 0.4) is 0 Å². The van der Waals surface area contributed by atoms with Gasteiger partial charge in [-0.15, -0.1) is 0 Å². The standard InChI is InChI=1S/C6H11F3N2O2/c1-13-2-4(10)5(12)11-3-6(7,8)9/h4H,2-3,10H2,1H3,(H,11,12)/t4-/m1/s1. The summed E-state index contributed by atoms with van der Waals surface area (Å²) in [5.41, 5.74) is 5.15. The van der Waals surface area contributed by atoms with Crippen molar-refractivity contribution in [1.29, 1.82) is 0 Å². The molecule has 0 bridgehead atoms. The Morgan fingerprint density at radius 2 is 2.15 bits per heavy atom. The van der Waals surface area contributed by atoms with E-state index >= 15 is 0 Å². The van der Waals surface area contributed by atoms with Crippen LogP contribution in [0.2, 0.25) is 0 Å². The average Bonchev–Trinajstić information content (AvgIpc) is 1.99. The van der Waals surface area contributed by atoms with E-state index in [9.17, 15) is 18.0 Å². The van der Waals surface area contributed by atoms with Crippen molar-refractivity contribution in [2.24, 2.45) is 5.73 Å². The van der Waals surface area contributed by atoms with Crippen LogP contribution in [0.5, 0.6) is 0 Å². The van der Waals surface area contributed by atoms with Crippen LogP contribution in [0, 0.1) is 0 Å². The lowest BCUT2D eigenvalue weighted by Crippen LogP contribution is -2.46. The summed E-state index contributed by atoms with van der Waals surface area (Å²) in [7, 11) is 1.30. The summed E-state index contributed by atoms with van der Waals surface area (Å²) in [6.45, 7) is -1.48. The van der Waals surface area contributed by atoms with Crippen LogP contribution in [-0.2, 0) is 9.53 Å². The Morgan fingerprint density at radius 3 is 2.54 bits per heavy atom. The van der Waals surface area contributed by atoms with Gasteiger partial charge in [0.2, 0.25) is 5.91 Å². The second-order valence-electron chi connectivity index (χ2n) is 2.39. The van der Waals surface area contributed by atoms with Crippen molar-refractivity contribution in [2.75, 3.05) is 20.3 Å². The first-order chi connectivity index (χ1) is 5.87. The SMILES string of the molecule is COC[C@@H](N)C(=O)NCC(F)(F)F. The van der Waals surface area contributed by atoms with Crippen LogP contribution >= 0.6 is 0 Å². The molecular weight excluding hydrogens is 189 g/mol. The third-order valence-corrected chi connectivity index (χ3v) is 1.15. The summed E-state index contributed by atoms with van der Waals surface area (Å²) in [5.74, 6) is -0.876. The van der Waals surface area contributed by atoms with E-state index in [2.05, 4.69) is 4.74 Å². The molecule has 0 aliphatic carbocycles. The zero-order valence-corrected chi connectivity index (χ0v) is 7.02. The van der Waals surface area contributed by atoms with Crippen molar-refractivity contribution < 1.29 is 22.7 Å². The molecule has 0 aliphatic heterocycles. The average molecular weight is 200 g/mol. The fourth-order valence-corrected chi connectivity index (χ4v) is 0.574. The topological polar surface area (TPSA) is 64.3 Å². The Balaban J connectivity index is 3.74. The highest BCUT2D eigenvalue weighted by molar-refractivity contribution is 5.81. The first-order valence-corrected chi connectivity index (χ1v) is 3.46. The van der Waals surface area contributed by atoms with Gasteiger partial charge in [-0.2, -0.15) is 13.2 Å². The summed E-state index contributed by atoms with van der Waals surface area (Å²) in [4.78, 5) is 10.8. The highest BCUT2D eigenvalue weighted by Crippen LogP contribution is 2.11. The van der Waals surface area contributed by atoms with Crippen LogP contribution in [-0.4, -0.2) is 38.4 Å². The molecule has 1 atom stereocenters. The Hall–Kier alpha value is -0.820. The second-order valence-corrected chi connectivity index (χ2v) is 2.39. The van der Waals surface area contributed by atoms with Crippen LogP contribution in [0.1, 0.15) is 0 Å². The van der Waals surface area contributed by atoms with Gasteiger partial charge in [0.05, 0.1) is 6.61 Å². The quantitative estimate of drug-likeness (QED) is 0.651. The van der Waals surface area contributed by atoms with Crippen molar-refractivity contribution in [2.45, 2.75) is 12.2 Å². The van der Waals surface area contributed by atoms with Gasteiger partial charge in [-0.1, -0.05) is 0 Å². The Kier molecular flexibility index (Phi) is 4.71. The molecule has 0 unspecified atom stereocenters. The molecule has 0 aromatic rings. The smallest absolute Gasteiger partial charge is 0.383 e. The number of alkyl halides is 3. The summed E-state index contributed by atoms with van der Waals surface area (Å²) in [6, 6.07) is -1.06. The minimum atomic E-state index is -4.41. The number of methoxy groups -OCH3 is 1. The third kappa shape index (κ3) is 6.35. The van der Waals surface area contributed by atoms with Crippen LogP contribution in [0.4, 0.5) is 13.2 Å². The highest BCUT2D eigenvalue weighted by Gasteiger charge is 2.28. The fraction of sp³-hybridized carbons (Fsp3) is 0.833. The number of carbonyl (C=O) groups is 1. The molecule has 0 fully saturated rings. The van der Waals surface area contributed by atoms with E-state index in [0.29, 0.717) is 0 Å². The molecule has 4 nitrogen and oxygen atoms in total. The van der Waals surface area contributed by atoms with E-state index in [1.807, 2.05) is 0 Å². The molecule has 78 valence electrons. The summed E-state index contributed by atoms with van der Waals surface area (Å²) in [5, 5.41) is 1.64. The van der Waals surface area contributed by atoms with E-state index in [0.717, 1.165) is 0 Å². The molecule has 3 N–H and O–H groups in total. The second kappa shape index (κ2) is 5.03. The number of amides is 1. The Labute approximate surface area is 73.2 Å². The van der Waals surface area contributed by atoms with Gasteiger partial charge >= 0.3 is 6.18 Å². The molecule has 13 heavy (non-hydrogen) atoms. The number of nitrogens with one attached hydrogen (secondary N) is 1. The van der Waals surface area contributed by atoms with Gasteiger partial charge in [0, 0.05) is 7.11 Å². The monoisotopic (exact) mass is 200 g/mol. The van der Waals surface area contributed by atoms with Gasteiger partial charge in [-0.3, -0.25) is 4.79 Å². The van der Waals surface area contributed by atoms with Crippen molar-refractivity contribution in [3.63, 3.8) is 0 Å². The van der Waals surface area contributed by atoms with Gasteiger partial charge in [-0.25, -0.2) is 0 Å².